The van der Waals surface area contributed by atoms with Crippen molar-refractivity contribution in [3.8, 4) is 11.3 Å². The maximum atomic E-state index is 12.4. The molecule has 0 fully saturated rings. The van der Waals surface area contributed by atoms with Gasteiger partial charge in [0.25, 0.3) is 5.69 Å². The van der Waals surface area contributed by atoms with Crippen LogP contribution in [-0.2, 0) is 0 Å². The van der Waals surface area contributed by atoms with E-state index >= 15 is 0 Å². The van der Waals surface area contributed by atoms with Gasteiger partial charge in [-0.3, -0.25) is 19.7 Å². The number of nitro benzene ring substituents is 1. The van der Waals surface area contributed by atoms with Crippen LogP contribution >= 0.6 is 15.9 Å². The van der Waals surface area contributed by atoms with Gasteiger partial charge in [-0.05, 0) is 30.3 Å². The lowest BCUT2D eigenvalue weighted by atomic mass is 10.1. The molecule has 0 aliphatic heterocycles. The van der Waals surface area contributed by atoms with Crippen molar-refractivity contribution in [3.05, 3.63) is 91.6 Å². The molecule has 6 nitrogen and oxygen atoms in total. The maximum absolute atomic E-state index is 12.4. The number of nitrogens with zero attached hydrogens (tertiary/aromatic N) is 1. The third-order valence-corrected chi connectivity index (χ3v) is 4.73. The molecule has 27 heavy (non-hydrogen) atoms. The molecule has 0 radical (unpaired) electrons. The van der Waals surface area contributed by atoms with Gasteiger partial charge in [0.1, 0.15) is 11.5 Å². The lowest BCUT2D eigenvalue weighted by Crippen LogP contribution is -1.99. The second kappa shape index (κ2) is 6.44. The Bertz CT molecular complexity index is 1120. The Labute approximate surface area is 161 Å². The Kier molecular flexibility index (Phi) is 4.08. The molecule has 0 unspecified atom stereocenters. The number of hydrogen-bond donors (Lipinski definition) is 0. The number of fused-ring (bicyclic) bond motifs is 1. The Morgan fingerprint density at radius 3 is 2.22 bits per heavy atom. The third kappa shape index (κ3) is 2.92. The number of benzene rings is 2. The first-order valence-electron chi connectivity index (χ1n) is 7.90. The lowest BCUT2D eigenvalue weighted by Gasteiger charge is -2.00. The quantitative estimate of drug-likeness (QED) is 0.253. The van der Waals surface area contributed by atoms with E-state index < -0.39 is 4.92 Å². The second-order valence-corrected chi connectivity index (χ2v) is 6.80. The van der Waals surface area contributed by atoms with Gasteiger partial charge < -0.3 is 4.42 Å². The average molecular weight is 424 g/mol. The van der Waals surface area contributed by atoms with Gasteiger partial charge in [0.2, 0.25) is 0 Å². The predicted molar refractivity (Wildman–Crippen MR) is 102 cm³/mol. The largest absolute Gasteiger partial charge is 0.456 e. The van der Waals surface area contributed by atoms with Crippen LogP contribution in [0, 0.1) is 10.1 Å². The smallest absolute Gasteiger partial charge is 0.281 e. The van der Waals surface area contributed by atoms with Gasteiger partial charge in [-0.1, -0.05) is 40.2 Å². The van der Waals surface area contributed by atoms with Crippen LogP contribution in [0.3, 0.4) is 0 Å². The van der Waals surface area contributed by atoms with Crippen LogP contribution in [0.25, 0.3) is 17.4 Å². The number of allylic oxidation sites excluding steroid dienone is 1. The number of rotatable bonds is 3. The molecule has 0 saturated heterocycles. The van der Waals surface area contributed by atoms with Crippen LogP contribution in [0.5, 0.6) is 0 Å². The van der Waals surface area contributed by atoms with E-state index in [1.165, 1.54) is 12.1 Å². The number of Topliss-reactive ketones (excluding diaryl/α,β-unsaturated/α-hetero) is 2. The second-order valence-electron chi connectivity index (χ2n) is 5.88. The van der Waals surface area contributed by atoms with E-state index in [2.05, 4.69) is 15.9 Å². The van der Waals surface area contributed by atoms with Crippen molar-refractivity contribution in [2.75, 3.05) is 0 Å². The first-order valence-corrected chi connectivity index (χ1v) is 8.69. The zero-order valence-electron chi connectivity index (χ0n) is 13.6. The Morgan fingerprint density at radius 1 is 0.926 bits per heavy atom. The highest BCUT2D eigenvalue weighted by Gasteiger charge is 2.32. The predicted octanol–water partition coefficient (Wildman–Crippen LogP) is 5.08. The Morgan fingerprint density at radius 2 is 1.59 bits per heavy atom. The van der Waals surface area contributed by atoms with Gasteiger partial charge in [-0.2, -0.15) is 0 Å². The number of hydrogen-bond acceptors (Lipinski definition) is 5. The van der Waals surface area contributed by atoms with E-state index in [9.17, 15) is 19.7 Å². The van der Waals surface area contributed by atoms with Crippen LogP contribution in [0.15, 0.2) is 69.1 Å². The molecule has 7 heteroatoms. The fraction of sp³-hybridized carbons (Fsp3) is 0. The van der Waals surface area contributed by atoms with Gasteiger partial charge in [-0.25, -0.2) is 0 Å². The molecular weight excluding hydrogens is 414 g/mol. The molecule has 132 valence electrons. The summed E-state index contributed by atoms with van der Waals surface area (Å²) in [5.74, 6) is -0.172. The number of ketones is 2. The van der Waals surface area contributed by atoms with Crippen LogP contribution in [0.4, 0.5) is 5.69 Å². The summed E-state index contributed by atoms with van der Waals surface area (Å²) < 4.78 is 6.23. The van der Waals surface area contributed by atoms with Crippen molar-refractivity contribution in [3.63, 3.8) is 0 Å². The van der Waals surface area contributed by atoms with Gasteiger partial charge in [-0.15, -0.1) is 0 Å². The minimum absolute atomic E-state index is 0.0161. The molecule has 1 aromatic heterocycles. The van der Waals surface area contributed by atoms with Crippen LogP contribution in [0.1, 0.15) is 26.5 Å². The Hall–Kier alpha value is -3.32. The zero-order chi connectivity index (χ0) is 19.1. The fourth-order valence-corrected chi connectivity index (χ4v) is 3.33. The highest BCUT2D eigenvalue weighted by molar-refractivity contribution is 9.10. The lowest BCUT2D eigenvalue weighted by molar-refractivity contribution is -0.384. The molecule has 1 heterocycles. The molecule has 1 aliphatic rings. The van der Waals surface area contributed by atoms with Crippen molar-refractivity contribution in [2.24, 2.45) is 0 Å². The average Bonchev–Trinajstić information content (AvgIpc) is 3.21. The molecular formula is C20H10BrNO5. The van der Waals surface area contributed by atoms with Gasteiger partial charge >= 0.3 is 0 Å². The minimum atomic E-state index is -0.499. The maximum Gasteiger partial charge on any atom is 0.281 e. The molecule has 0 spiro atoms. The summed E-state index contributed by atoms with van der Waals surface area (Å²) in [5.41, 5.74) is 0.939. The summed E-state index contributed by atoms with van der Waals surface area (Å²) in [6, 6.07) is 14.4. The summed E-state index contributed by atoms with van der Waals surface area (Å²) in [6.07, 6.45) is 1.37. The SMILES string of the molecule is O=C1C(=Cc2ccc(-c3ccc(Br)cc3[N+](=O)[O-])o2)C(=O)c2ccccc21. The molecule has 0 saturated carbocycles. The third-order valence-electron chi connectivity index (χ3n) is 4.24. The zero-order valence-corrected chi connectivity index (χ0v) is 15.2. The summed E-state index contributed by atoms with van der Waals surface area (Å²) in [7, 11) is 0. The van der Waals surface area contributed by atoms with E-state index in [0.29, 0.717) is 21.2 Å². The molecule has 0 atom stereocenters. The number of carbonyl (C=O) groups is 2. The first kappa shape index (κ1) is 17.1. The van der Waals surface area contributed by atoms with Gasteiger partial charge in [0, 0.05) is 21.7 Å². The fourth-order valence-electron chi connectivity index (χ4n) is 2.99. The highest BCUT2D eigenvalue weighted by Crippen LogP contribution is 2.34. The van der Waals surface area contributed by atoms with Gasteiger partial charge in [0.05, 0.1) is 16.1 Å². The Balaban J connectivity index is 1.73. The molecule has 2 aromatic carbocycles. The van der Waals surface area contributed by atoms with E-state index in [1.54, 1.807) is 48.5 Å². The summed E-state index contributed by atoms with van der Waals surface area (Å²) >= 11 is 3.21. The number of nitro groups is 1. The van der Waals surface area contributed by atoms with E-state index in [0.717, 1.165) is 0 Å². The van der Waals surface area contributed by atoms with Crippen molar-refractivity contribution >= 4 is 39.3 Å². The summed E-state index contributed by atoms with van der Waals surface area (Å²) in [5, 5.41) is 11.3. The van der Waals surface area contributed by atoms with Crippen molar-refractivity contribution in [1.29, 1.82) is 0 Å². The van der Waals surface area contributed by atoms with E-state index in [4.69, 9.17) is 4.42 Å². The molecule has 0 N–H and O–H groups in total. The van der Waals surface area contributed by atoms with Crippen LogP contribution in [0.2, 0.25) is 0 Å². The highest BCUT2D eigenvalue weighted by atomic mass is 79.9. The summed E-state index contributed by atoms with van der Waals surface area (Å²) in [6.45, 7) is 0. The molecule has 1 aliphatic carbocycles. The van der Waals surface area contributed by atoms with Crippen molar-refractivity contribution in [2.45, 2.75) is 0 Å². The molecule has 0 bridgehead atoms. The van der Waals surface area contributed by atoms with Crippen molar-refractivity contribution in [1.82, 2.24) is 0 Å². The number of furan rings is 1. The molecule has 3 aromatic rings. The van der Waals surface area contributed by atoms with E-state index in [-0.39, 0.29) is 34.3 Å². The standard InChI is InChI=1S/C20H10BrNO5/c21-11-5-7-15(17(9-11)22(25)26)18-8-6-12(27-18)10-16-19(23)13-3-1-2-4-14(13)20(16)24/h1-10H. The van der Waals surface area contributed by atoms with Gasteiger partial charge in [0.15, 0.2) is 11.6 Å². The molecule has 4 rings (SSSR count). The normalized spacial score (nSPS) is 13.0. The first-order chi connectivity index (χ1) is 13.0. The van der Waals surface area contributed by atoms with E-state index in [1.807, 2.05) is 0 Å². The van der Waals surface area contributed by atoms with Crippen molar-refractivity contribution < 1.29 is 18.9 Å². The topological polar surface area (TPSA) is 90.4 Å². The monoisotopic (exact) mass is 423 g/mol. The number of carbonyl (C=O) groups excluding carboxylic acids is 2. The summed E-state index contributed by atoms with van der Waals surface area (Å²) in [4.78, 5) is 35.7. The van der Waals surface area contributed by atoms with Crippen LogP contribution < -0.4 is 0 Å². The number of halogens is 1. The van der Waals surface area contributed by atoms with Crippen LogP contribution in [-0.4, -0.2) is 16.5 Å². The minimum Gasteiger partial charge on any atom is -0.456 e. The molecule has 0 amide bonds.